The van der Waals surface area contributed by atoms with Crippen LogP contribution < -0.4 is 0 Å². The quantitative estimate of drug-likeness (QED) is 0.416. The Labute approximate surface area is 176 Å². The Kier molecular flexibility index (Phi) is 11.0. The largest absolute Gasteiger partial charge is 0.491 e. The first kappa shape index (κ1) is 24.7. The molecule has 0 saturated heterocycles. The van der Waals surface area contributed by atoms with Gasteiger partial charge in [0.05, 0.1) is 12.2 Å². The zero-order valence-corrected chi connectivity index (χ0v) is 18.9. The first-order valence-corrected chi connectivity index (χ1v) is 10.1. The zero-order valence-electron chi connectivity index (χ0n) is 18.9. The maximum absolute atomic E-state index is 10.3. The van der Waals surface area contributed by atoms with Gasteiger partial charge in [-0.2, -0.15) is 5.10 Å². The minimum atomic E-state index is -0.563. The number of aromatic nitrogens is 2. The van der Waals surface area contributed by atoms with E-state index >= 15 is 0 Å². The molecular weight excluding hydrogens is 362 g/mol. The van der Waals surface area contributed by atoms with Gasteiger partial charge in [-0.3, -0.25) is 9.58 Å². The van der Waals surface area contributed by atoms with Crippen LogP contribution in [0.15, 0.2) is 60.4 Å². The average Bonchev–Trinajstić information content (AvgIpc) is 2.95. The van der Waals surface area contributed by atoms with Gasteiger partial charge in [0.15, 0.2) is 0 Å². The molecule has 0 saturated carbocycles. The Morgan fingerprint density at radius 3 is 2.59 bits per heavy atom. The molecule has 0 fully saturated rings. The fourth-order valence-corrected chi connectivity index (χ4v) is 3.03. The van der Waals surface area contributed by atoms with Crippen LogP contribution in [-0.2, 0) is 17.8 Å². The highest BCUT2D eigenvalue weighted by Gasteiger charge is 2.16. The zero-order chi connectivity index (χ0) is 21.8. The maximum Gasteiger partial charge on any atom is 0.115 e. The van der Waals surface area contributed by atoms with Crippen molar-refractivity contribution in [3.8, 4) is 0 Å². The number of ether oxygens (including phenoxy) is 1. The normalized spacial score (nSPS) is 14.3. The molecule has 0 radical (unpaired) electrons. The van der Waals surface area contributed by atoms with Crippen molar-refractivity contribution in [2.24, 2.45) is 0 Å². The van der Waals surface area contributed by atoms with E-state index in [1.807, 2.05) is 75.9 Å². The molecule has 160 valence electrons. The van der Waals surface area contributed by atoms with E-state index in [0.29, 0.717) is 13.1 Å². The first-order valence-electron chi connectivity index (χ1n) is 10.1. The summed E-state index contributed by atoms with van der Waals surface area (Å²) in [5.41, 5.74) is 4.46. The smallest absolute Gasteiger partial charge is 0.115 e. The second-order valence-corrected chi connectivity index (χ2v) is 7.13. The van der Waals surface area contributed by atoms with Gasteiger partial charge in [-0.05, 0) is 59.4 Å². The van der Waals surface area contributed by atoms with E-state index < -0.39 is 6.10 Å². The molecule has 1 N–H and O–H groups in total. The molecule has 1 rings (SSSR count). The van der Waals surface area contributed by atoms with E-state index in [9.17, 15) is 5.11 Å². The number of nitrogens with zero attached hydrogens (tertiary/aromatic N) is 3. The summed E-state index contributed by atoms with van der Waals surface area (Å²) < 4.78 is 7.66. The third kappa shape index (κ3) is 8.26. The highest BCUT2D eigenvalue weighted by Crippen LogP contribution is 2.17. The Morgan fingerprint density at radius 1 is 1.28 bits per heavy atom. The lowest BCUT2D eigenvalue weighted by Crippen LogP contribution is -2.32. The molecule has 29 heavy (non-hydrogen) atoms. The standard InChI is InChI=1S/C24H37N3O2/c1-8-12-14-21(10-3)15-27-20(6)24(19(5)25-27)17-26(7)16-22(28)18-29-23(11-4)13-9-2/h8-14,22,28H,3,15-18H2,1-2,4-7H3/b12-8-,13-9-,21-14+,23-11+. The van der Waals surface area contributed by atoms with E-state index in [1.54, 1.807) is 0 Å². The number of rotatable bonds is 12. The summed E-state index contributed by atoms with van der Waals surface area (Å²) in [6, 6.07) is 0. The van der Waals surface area contributed by atoms with Crippen LogP contribution in [0.25, 0.3) is 0 Å². The molecule has 1 aromatic rings. The minimum absolute atomic E-state index is 0.268. The molecule has 0 aliphatic heterocycles. The molecule has 1 atom stereocenters. The lowest BCUT2D eigenvalue weighted by atomic mass is 10.1. The van der Waals surface area contributed by atoms with Gasteiger partial charge in [0.1, 0.15) is 18.5 Å². The Balaban J connectivity index is 2.73. The minimum Gasteiger partial charge on any atom is -0.491 e. The third-order valence-electron chi connectivity index (χ3n) is 4.64. The maximum atomic E-state index is 10.3. The van der Waals surface area contributed by atoms with Gasteiger partial charge >= 0.3 is 0 Å². The van der Waals surface area contributed by atoms with Gasteiger partial charge in [0.2, 0.25) is 0 Å². The molecule has 0 aliphatic carbocycles. The summed E-state index contributed by atoms with van der Waals surface area (Å²) in [5.74, 6) is 0.770. The summed E-state index contributed by atoms with van der Waals surface area (Å²) in [5, 5.41) is 15.0. The second kappa shape index (κ2) is 13.0. The van der Waals surface area contributed by atoms with Crippen molar-refractivity contribution in [3.05, 3.63) is 77.4 Å². The van der Waals surface area contributed by atoms with Gasteiger partial charge in [0, 0.05) is 24.3 Å². The van der Waals surface area contributed by atoms with Crippen LogP contribution in [-0.4, -0.2) is 46.1 Å². The predicted molar refractivity (Wildman–Crippen MR) is 122 cm³/mol. The number of aliphatic hydroxyl groups is 1. The number of hydrogen-bond donors (Lipinski definition) is 1. The summed E-state index contributed by atoms with van der Waals surface area (Å²) in [6.07, 6.45) is 13.1. The van der Waals surface area contributed by atoms with E-state index in [1.165, 1.54) is 5.56 Å². The molecule has 0 aliphatic rings. The molecule has 1 aromatic heterocycles. The number of aryl methyl sites for hydroxylation is 1. The van der Waals surface area contributed by atoms with E-state index in [0.717, 1.165) is 29.3 Å². The average molecular weight is 400 g/mol. The van der Waals surface area contributed by atoms with Crippen molar-refractivity contribution in [1.29, 1.82) is 0 Å². The van der Waals surface area contributed by atoms with Crippen molar-refractivity contribution in [1.82, 2.24) is 14.7 Å². The number of aliphatic hydroxyl groups excluding tert-OH is 1. The number of allylic oxidation sites excluding steroid dienone is 8. The van der Waals surface area contributed by atoms with Gasteiger partial charge in [-0.1, -0.05) is 37.0 Å². The summed E-state index contributed by atoms with van der Waals surface area (Å²) in [4.78, 5) is 2.10. The summed E-state index contributed by atoms with van der Waals surface area (Å²) >= 11 is 0. The van der Waals surface area contributed by atoms with Crippen LogP contribution in [0.4, 0.5) is 0 Å². The molecule has 0 amide bonds. The van der Waals surface area contributed by atoms with Gasteiger partial charge in [-0.25, -0.2) is 0 Å². The first-order chi connectivity index (χ1) is 13.9. The van der Waals surface area contributed by atoms with Crippen LogP contribution >= 0.6 is 0 Å². The molecule has 1 unspecified atom stereocenters. The molecule has 0 aromatic carbocycles. The highest BCUT2D eigenvalue weighted by atomic mass is 16.5. The summed E-state index contributed by atoms with van der Waals surface area (Å²) in [6.45, 7) is 16.1. The monoisotopic (exact) mass is 399 g/mol. The van der Waals surface area contributed by atoms with Gasteiger partial charge in [0.25, 0.3) is 0 Å². The van der Waals surface area contributed by atoms with E-state index in [4.69, 9.17) is 9.84 Å². The van der Waals surface area contributed by atoms with E-state index in [-0.39, 0.29) is 6.61 Å². The molecule has 1 heterocycles. The topological polar surface area (TPSA) is 50.5 Å². The third-order valence-corrected chi connectivity index (χ3v) is 4.64. The highest BCUT2D eigenvalue weighted by molar-refractivity contribution is 5.27. The van der Waals surface area contributed by atoms with E-state index in [2.05, 4.69) is 24.5 Å². The lowest BCUT2D eigenvalue weighted by Gasteiger charge is -2.21. The van der Waals surface area contributed by atoms with Crippen molar-refractivity contribution in [3.63, 3.8) is 0 Å². The van der Waals surface area contributed by atoms with Crippen molar-refractivity contribution in [2.45, 2.75) is 53.8 Å². The number of hydrogen-bond acceptors (Lipinski definition) is 4. The summed E-state index contributed by atoms with van der Waals surface area (Å²) in [7, 11) is 2.00. The molecule has 0 spiro atoms. The fourth-order valence-electron chi connectivity index (χ4n) is 3.03. The number of likely N-dealkylation sites (N-methyl/N-ethyl adjacent to an activating group) is 1. The molecular formula is C24H37N3O2. The van der Waals surface area contributed by atoms with Crippen LogP contribution in [0.3, 0.4) is 0 Å². The SMILES string of the molecule is C=C/C(=C\C=C/C)Cn1nc(C)c(CN(C)CC(O)COC(/C=C\C)=C/C)c1C. The van der Waals surface area contributed by atoms with Gasteiger partial charge < -0.3 is 9.84 Å². The lowest BCUT2D eigenvalue weighted by molar-refractivity contribution is 0.0502. The van der Waals surface area contributed by atoms with Crippen molar-refractivity contribution >= 4 is 0 Å². The van der Waals surface area contributed by atoms with Crippen LogP contribution in [0.1, 0.15) is 37.7 Å². The molecule has 5 nitrogen and oxygen atoms in total. The predicted octanol–water partition coefficient (Wildman–Crippen LogP) is 4.48. The Morgan fingerprint density at radius 2 is 2.00 bits per heavy atom. The second-order valence-electron chi connectivity index (χ2n) is 7.13. The Bertz CT molecular complexity index is 769. The molecule has 5 heteroatoms. The van der Waals surface area contributed by atoms with Crippen LogP contribution in [0.5, 0.6) is 0 Å². The Hall–Kier alpha value is -2.37. The van der Waals surface area contributed by atoms with Gasteiger partial charge in [-0.15, -0.1) is 0 Å². The molecule has 0 bridgehead atoms. The van der Waals surface area contributed by atoms with Crippen molar-refractivity contribution in [2.75, 3.05) is 20.2 Å². The van der Waals surface area contributed by atoms with Crippen LogP contribution in [0, 0.1) is 13.8 Å². The van der Waals surface area contributed by atoms with Crippen LogP contribution in [0.2, 0.25) is 0 Å². The fraction of sp³-hybridized carbons (Fsp3) is 0.458. The van der Waals surface area contributed by atoms with Crippen molar-refractivity contribution < 1.29 is 9.84 Å².